The van der Waals surface area contributed by atoms with E-state index < -0.39 is 10.0 Å². The van der Waals surface area contributed by atoms with E-state index in [1.54, 1.807) is 24.3 Å². The minimum Gasteiger partial charge on any atom is -0.494 e. The number of hydrogen-bond acceptors (Lipinski definition) is 3. The van der Waals surface area contributed by atoms with E-state index in [-0.39, 0.29) is 5.75 Å². The van der Waals surface area contributed by atoms with Gasteiger partial charge in [0, 0.05) is 0 Å². The summed E-state index contributed by atoms with van der Waals surface area (Å²) in [6.45, 7) is 2.63. The maximum atomic E-state index is 10.9. The minimum atomic E-state index is -3.47. The van der Waals surface area contributed by atoms with Crippen LogP contribution < -0.4 is 9.88 Å². The number of primary sulfonamides is 1. The Bertz CT molecular complexity index is 414. The van der Waals surface area contributed by atoms with Crippen LogP contribution in [0.4, 0.5) is 0 Å². The molecule has 0 spiro atoms. The van der Waals surface area contributed by atoms with Crippen LogP contribution in [0.5, 0.6) is 5.75 Å². The summed E-state index contributed by atoms with van der Waals surface area (Å²) >= 11 is 0. The van der Waals surface area contributed by atoms with Gasteiger partial charge in [-0.25, -0.2) is 13.6 Å². The van der Waals surface area contributed by atoms with Gasteiger partial charge >= 0.3 is 0 Å². The molecule has 1 rings (SSSR count). The number of ether oxygens (including phenoxy) is 1. The van der Waals surface area contributed by atoms with E-state index >= 15 is 0 Å². The number of hydrogen-bond donors (Lipinski definition) is 1. The first-order chi connectivity index (χ1) is 7.01. The quantitative estimate of drug-likeness (QED) is 0.826. The fourth-order valence-electron chi connectivity index (χ4n) is 1.18. The summed E-state index contributed by atoms with van der Waals surface area (Å²) in [6.07, 6.45) is 0.916. The van der Waals surface area contributed by atoms with E-state index in [0.29, 0.717) is 17.9 Å². The van der Waals surface area contributed by atoms with Crippen molar-refractivity contribution in [3.05, 3.63) is 29.8 Å². The Hall–Kier alpha value is -1.07. The lowest BCUT2D eigenvalue weighted by atomic mass is 10.2. The molecule has 5 heteroatoms. The second kappa shape index (κ2) is 5.14. The van der Waals surface area contributed by atoms with Crippen LogP contribution in [0.2, 0.25) is 0 Å². The molecular weight excluding hydrogens is 214 g/mol. The predicted molar refractivity (Wildman–Crippen MR) is 59.0 cm³/mol. The van der Waals surface area contributed by atoms with Gasteiger partial charge in [0.1, 0.15) is 5.75 Å². The van der Waals surface area contributed by atoms with Gasteiger partial charge in [-0.2, -0.15) is 0 Å². The summed E-state index contributed by atoms with van der Waals surface area (Å²) in [6, 6.07) is 6.96. The summed E-state index contributed by atoms with van der Waals surface area (Å²) in [7, 11) is -3.47. The summed E-state index contributed by atoms with van der Waals surface area (Å²) in [5, 5.41) is 4.95. The summed E-state index contributed by atoms with van der Waals surface area (Å²) < 4.78 is 27.1. The van der Waals surface area contributed by atoms with Crippen molar-refractivity contribution in [2.45, 2.75) is 19.1 Å². The Balaban J connectivity index is 2.74. The van der Waals surface area contributed by atoms with Crippen LogP contribution in [-0.2, 0) is 15.8 Å². The van der Waals surface area contributed by atoms with Crippen LogP contribution in [0.3, 0.4) is 0 Å². The second-order valence-electron chi connectivity index (χ2n) is 3.30. The molecule has 4 nitrogen and oxygen atoms in total. The Morgan fingerprint density at radius 3 is 2.73 bits per heavy atom. The summed E-state index contributed by atoms with van der Waals surface area (Å²) in [4.78, 5) is 0. The molecule has 0 fully saturated rings. The van der Waals surface area contributed by atoms with Crippen molar-refractivity contribution in [2.24, 2.45) is 5.14 Å². The van der Waals surface area contributed by atoms with Crippen molar-refractivity contribution in [3.8, 4) is 5.75 Å². The third kappa shape index (κ3) is 4.80. The van der Waals surface area contributed by atoms with E-state index in [1.807, 2.05) is 6.92 Å². The molecule has 0 radical (unpaired) electrons. The second-order valence-corrected chi connectivity index (χ2v) is 4.92. The highest BCUT2D eigenvalue weighted by molar-refractivity contribution is 7.88. The lowest BCUT2D eigenvalue weighted by molar-refractivity contribution is 0.317. The van der Waals surface area contributed by atoms with Crippen LogP contribution in [0.25, 0.3) is 0 Å². The van der Waals surface area contributed by atoms with Crippen LogP contribution in [-0.4, -0.2) is 15.0 Å². The lowest BCUT2D eigenvalue weighted by Crippen LogP contribution is -2.14. The maximum absolute atomic E-state index is 10.9. The number of nitrogens with two attached hydrogens (primary N) is 1. The van der Waals surface area contributed by atoms with E-state index in [9.17, 15) is 8.42 Å². The molecule has 1 aromatic carbocycles. The van der Waals surface area contributed by atoms with Crippen LogP contribution >= 0.6 is 0 Å². The monoisotopic (exact) mass is 229 g/mol. The van der Waals surface area contributed by atoms with Crippen LogP contribution in [0.1, 0.15) is 18.9 Å². The van der Waals surface area contributed by atoms with E-state index in [4.69, 9.17) is 9.88 Å². The standard InChI is InChI=1S/C10H15NO3S/c1-2-6-14-10-5-3-4-9(7-10)8-15(11,12)13/h3-5,7H,2,6,8H2,1H3,(H2,11,12,13). The molecule has 0 aromatic heterocycles. The number of rotatable bonds is 5. The molecule has 2 N–H and O–H groups in total. The molecule has 0 bridgehead atoms. The lowest BCUT2D eigenvalue weighted by Gasteiger charge is -2.06. The van der Waals surface area contributed by atoms with Crippen molar-refractivity contribution in [1.82, 2.24) is 0 Å². The molecule has 1 aromatic rings. The van der Waals surface area contributed by atoms with E-state index in [2.05, 4.69) is 0 Å². The highest BCUT2D eigenvalue weighted by atomic mass is 32.2. The minimum absolute atomic E-state index is 0.156. The Labute approximate surface area is 90.1 Å². The first kappa shape index (κ1) is 12.0. The average Bonchev–Trinajstić information content (AvgIpc) is 2.12. The van der Waals surface area contributed by atoms with Gasteiger partial charge in [-0.15, -0.1) is 0 Å². The highest BCUT2D eigenvalue weighted by Crippen LogP contribution is 2.14. The molecule has 0 aliphatic heterocycles. The largest absolute Gasteiger partial charge is 0.494 e. The predicted octanol–water partition coefficient (Wildman–Crippen LogP) is 1.26. The first-order valence-electron chi connectivity index (χ1n) is 4.73. The summed E-state index contributed by atoms with van der Waals surface area (Å²) in [5.74, 6) is 0.522. The van der Waals surface area contributed by atoms with Crippen LogP contribution in [0.15, 0.2) is 24.3 Å². The molecule has 0 aliphatic rings. The topological polar surface area (TPSA) is 69.4 Å². The zero-order valence-electron chi connectivity index (χ0n) is 8.64. The van der Waals surface area contributed by atoms with Gasteiger partial charge in [0.2, 0.25) is 10.0 Å². The van der Waals surface area contributed by atoms with Gasteiger partial charge in [0.15, 0.2) is 0 Å². The Kier molecular flexibility index (Phi) is 4.11. The van der Waals surface area contributed by atoms with Crippen molar-refractivity contribution >= 4 is 10.0 Å². The molecule has 0 unspecified atom stereocenters. The van der Waals surface area contributed by atoms with Crippen molar-refractivity contribution < 1.29 is 13.2 Å². The fraction of sp³-hybridized carbons (Fsp3) is 0.400. The van der Waals surface area contributed by atoms with Crippen molar-refractivity contribution in [2.75, 3.05) is 6.61 Å². The van der Waals surface area contributed by atoms with Gasteiger partial charge in [0.25, 0.3) is 0 Å². The SMILES string of the molecule is CCCOc1cccc(CS(N)(=O)=O)c1. The Morgan fingerprint density at radius 2 is 2.13 bits per heavy atom. The molecule has 15 heavy (non-hydrogen) atoms. The number of sulfonamides is 1. The van der Waals surface area contributed by atoms with Gasteiger partial charge in [0.05, 0.1) is 12.4 Å². The van der Waals surface area contributed by atoms with Crippen molar-refractivity contribution in [1.29, 1.82) is 0 Å². The zero-order chi connectivity index (χ0) is 11.3. The molecule has 0 atom stereocenters. The molecule has 0 amide bonds. The van der Waals surface area contributed by atoms with Gasteiger partial charge in [-0.1, -0.05) is 19.1 Å². The summed E-state index contributed by atoms with van der Waals surface area (Å²) in [5.41, 5.74) is 0.645. The smallest absolute Gasteiger partial charge is 0.213 e. The first-order valence-corrected chi connectivity index (χ1v) is 6.45. The highest BCUT2D eigenvalue weighted by Gasteiger charge is 2.05. The molecule has 0 saturated carbocycles. The van der Waals surface area contributed by atoms with Crippen LogP contribution in [0, 0.1) is 0 Å². The van der Waals surface area contributed by atoms with E-state index in [0.717, 1.165) is 6.42 Å². The van der Waals surface area contributed by atoms with E-state index in [1.165, 1.54) is 0 Å². The maximum Gasteiger partial charge on any atom is 0.213 e. The average molecular weight is 229 g/mol. The number of benzene rings is 1. The molecule has 0 aliphatic carbocycles. The third-order valence-corrected chi connectivity index (χ3v) is 2.47. The molecule has 84 valence electrons. The zero-order valence-corrected chi connectivity index (χ0v) is 9.46. The van der Waals surface area contributed by atoms with Gasteiger partial charge in [-0.05, 0) is 24.1 Å². The normalized spacial score (nSPS) is 11.3. The van der Waals surface area contributed by atoms with Gasteiger partial charge in [-0.3, -0.25) is 0 Å². The van der Waals surface area contributed by atoms with Gasteiger partial charge < -0.3 is 4.74 Å². The Morgan fingerprint density at radius 1 is 1.40 bits per heavy atom. The molecular formula is C10H15NO3S. The molecule has 0 heterocycles. The molecule has 0 saturated heterocycles. The third-order valence-electron chi connectivity index (χ3n) is 1.74. The van der Waals surface area contributed by atoms with Crippen molar-refractivity contribution in [3.63, 3.8) is 0 Å². The fourth-order valence-corrected chi connectivity index (χ4v) is 1.82.